The maximum atomic E-state index is 12.9. The van der Waals surface area contributed by atoms with E-state index in [1.54, 1.807) is 24.3 Å². The van der Waals surface area contributed by atoms with Gasteiger partial charge in [-0.15, -0.1) is 11.8 Å². The van der Waals surface area contributed by atoms with Crippen molar-refractivity contribution in [2.75, 3.05) is 16.4 Å². The number of rotatable bonds is 8. The van der Waals surface area contributed by atoms with Gasteiger partial charge in [-0.05, 0) is 60.2 Å². The van der Waals surface area contributed by atoms with Crippen LogP contribution in [0.25, 0.3) is 0 Å². The molecule has 0 aliphatic heterocycles. The summed E-state index contributed by atoms with van der Waals surface area (Å²) in [5, 5.41) is 23.9. The number of halogens is 1. The van der Waals surface area contributed by atoms with Crippen LogP contribution in [0.2, 0.25) is 0 Å². The molecule has 164 valence electrons. The summed E-state index contributed by atoms with van der Waals surface area (Å²) in [5.41, 5.74) is 1.75. The van der Waals surface area contributed by atoms with Crippen molar-refractivity contribution in [1.29, 1.82) is 0 Å². The first-order valence-corrected chi connectivity index (χ1v) is 10.6. The molecule has 3 aromatic carbocycles. The van der Waals surface area contributed by atoms with Crippen molar-refractivity contribution < 1.29 is 29.0 Å². The van der Waals surface area contributed by atoms with E-state index in [1.807, 2.05) is 0 Å². The molecular weight excluding hydrogens is 435 g/mol. The van der Waals surface area contributed by atoms with Crippen LogP contribution in [-0.2, 0) is 10.5 Å². The molecular formula is C23H19FN2O5S. The van der Waals surface area contributed by atoms with Gasteiger partial charge in [0.2, 0.25) is 5.91 Å². The van der Waals surface area contributed by atoms with Gasteiger partial charge in [-0.2, -0.15) is 0 Å². The molecule has 0 aliphatic carbocycles. The van der Waals surface area contributed by atoms with Gasteiger partial charge in [-0.1, -0.05) is 12.1 Å². The van der Waals surface area contributed by atoms with Crippen LogP contribution in [0.4, 0.5) is 15.8 Å². The van der Waals surface area contributed by atoms with Gasteiger partial charge in [0.1, 0.15) is 17.1 Å². The van der Waals surface area contributed by atoms with Crippen molar-refractivity contribution in [3.05, 3.63) is 89.2 Å². The maximum Gasteiger partial charge on any atom is 0.339 e. The Morgan fingerprint density at radius 3 is 2.19 bits per heavy atom. The second kappa shape index (κ2) is 10.5. The smallest absolute Gasteiger partial charge is 0.339 e. The van der Waals surface area contributed by atoms with Gasteiger partial charge >= 0.3 is 5.97 Å². The number of benzene rings is 3. The predicted molar refractivity (Wildman–Crippen MR) is 121 cm³/mol. The number of aromatic hydroxyl groups is 1. The van der Waals surface area contributed by atoms with Gasteiger partial charge in [0.15, 0.2) is 0 Å². The summed E-state index contributed by atoms with van der Waals surface area (Å²) in [6.07, 6.45) is 0. The van der Waals surface area contributed by atoms with Crippen LogP contribution < -0.4 is 10.6 Å². The van der Waals surface area contributed by atoms with Crippen LogP contribution in [0.15, 0.2) is 66.7 Å². The maximum absolute atomic E-state index is 12.9. The average Bonchev–Trinajstić information content (AvgIpc) is 2.77. The van der Waals surface area contributed by atoms with Gasteiger partial charge in [0, 0.05) is 22.7 Å². The predicted octanol–water partition coefficient (Wildman–Crippen LogP) is 4.35. The van der Waals surface area contributed by atoms with Crippen molar-refractivity contribution in [1.82, 2.24) is 0 Å². The highest BCUT2D eigenvalue weighted by Crippen LogP contribution is 2.22. The summed E-state index contributed by atoms with van der Waals surface area (Å²) in [7, 11) is 0. The van der Waals surface area contributed by atoms with E-state index in [4.69, 9.17) is 5.11 Å². The molecule has 7 nitrogen and oxygen atoms in total. The molecule has 9 heteroatoms. The Labute approximate surface area is 187 Å². The number of thioether (sulfide) groups is 1. The van der Waals surface area contributed by atoms with E-state index in [2.05, 4.69) is 10.6 Å². The van der Waals surface area contributed by atoms with Crippen molar-refractivity contribution in [2.45, 2.75) is 5.75 Å². The van der Waals surface area contributed by atoms with Crippen LogP contribution in [0.1, 0.15) is 26.3 Å². The summed E-state index contributed by atoms with van der Waals surface area (Å²) in [6, 6.07) is 16.1. The van der Waals surface area contributed by atoms with Gasteiger partial charge in [0.05, 0.1) is 5.75 Å². The first-order valence-electron chi connectivity index (χ1n) is 9.41. The lowest BCUT2D eigenvalue weighted by Crippen LogP contribution is -2.14. The molecule has 0 saturated carbocycles. The van der Waals surface area contributed by atoms with Crippen molar-refractivity contribution >= 4 is 40.9 Å². The Kier molecular flexibility index (Phi) is 7.45. The summed E-state index contributed by atoms with van der Waals surface area (Å²) >= 11 is 1.39. The second-order valence-electron chi connectivity index (χ2n) is 6.74. The highest BCUT2D eigenvalue weighted by Gasteiger charge is 2.12. The molecule has 0 saturated heterocycles. The third kappa shape index (κ3) is 6.32. The topological polar surface area (TPSA) is 116 Å². The molecule has 0 bridgehead atoms. The molecule has 0 atom stereocenters. The van der Waals surface area contributed by atoms with Crippen LogP contribution in [0.3, 0.4) is 0 Å². The molecule has 4 N–H and O–H groups in total. The van der Waals surface area contributed by atoms with Crippen molar-refractivity contribution in [3.63, 3.8) is 0 Å². The number of anilines is 2. The molecule has 0 spiro atoms. The molecule has 0 aromatic heterocycles. The highest BCUT2D eigenvalue weighted by molar-refractivity contribution is 7.99. The van der Waals surface area contributed by atoms with E-state index in [1.165, 1.54) is 54.2 Å². The van der Waals surface area contributed by atoms with Crippen LogP contribution in [0, 0.1) is 5.82 Å². The van der Waals surface area contributed by atoms with Crippen molar-refractivity contribution in [2.24, 2.45) is 0 Å². The molecule has 0 radical (unpaired) electrons. The molecule has 3 aromatic rings. The van der Waals surface area contributed by atoms with Crippen LogP contribution in [-0.4, -0.2) is 33.7 Å². The molecule has 0 aliphatic rings. The number of nitrogens with one attached hydrogen (secondary N) is 2. The Hall–Kier alpha value is -3.85. The Balaban J connectivity index is 1.49. The number of hydrogen-bond donors (Lipinski definition) is 4. The number of hydrogen-bond acceptors (Lipinski definition) is 5. The number of aromatic carboxylic acids is 1. The van der Waals surface area contributed by atoms with E-state index in [-0.39, 0.29) is 34.5 Å². The zero-order valence-corrected chi connectivity index (χ0v) is 17.5. The molecule has 0 heterocycles. The Bertz CT molecular complexity index is 1130. The minimum atomic E-state index is -1.30. The molecule has 0 fully saturated rings. The van der Waals surface area contributed by atoms with E-state index in [0.29, 0.717) is 17.0 Å². The lowest BCUT2D eigenvalue weighted by molar-refractivity contribution is -0.113. The van der Waals surface area contributed by atoms with E-state index >= 15 is 0 Å². The fraction of sp³-hybridized carbons (Fsp3) is 0.0870. The van der Waals surface area contributed by atoms with E-state index in [0.717, 1.165) is 5.56 Å². The number of carboxylic acids is 1. The first kappa shape index (κ1) is 22.8. The second-order valence-corrected chi connectivity index (χ2v) is 7.72. The fourth-order valence-corrected chi connectivity index (χ4v) is 3.52. The minimum Gasteiger partial charge on any atom is -0.507 e. The standard InChI is InChI=1S/C23H19FN2O5S/c24-16-5-7-17(8-6-16)25-21(28)13-32-12-14-1-3-15(4-2-14)22(29)26-18-9-10-20(27)19(11-18)23(30)31/h1-11,27H,12-13H2,(H,25,28)(H,26,29)(H,30,31). The quantitative estimate of drug-likeness (QED) is 0.376. The Morgan fingerprint density at radius 2 is 1.53 bits per heavy atom. The van der Waals surface area contributed by atoms with E-state index < -0.39 is 11.9 Å². The van der Waals surface area contributed by atoms with Crippen LogP contribution in [0.5, 0.6) is 5.75 Å². The normalized spacial score (nSPS) is 10.4. The zero-order chi connectivity index (χ0) is 23.1. The van der Waals surface area contributed by atoms with Gasteiger partial charge < -0.3 is 20.8 Å². The SMILES string of the molecule is O=C(CSCc1ccc(C(=O)Nc2ccc(O)c(C(=O)O)c2)cc1)Nc1ccc(F)cc1. The highest BCUT2D eigenvalue weighted by atomic mass is 32.2. The summed E-state index contributed by atoms with van der Waals surface area (Å²) < 4.78 is 12.9. The lowest BCUT2D eigenvalue weighted by atomic mass is 10.1. The van der Waals surface area contributed by atoms with Crippen LogP contribution >= 0.6 is 11.8 Å². The monoisotopic (exact) mass is 454 g/mol. The van der Waals surface area contributed by atoms with Gasteiger partial charge in [-0.3, -0.25) is 9.59 Å². The third-order valence-corrected chi connectivity index (χ3v) is 5.33. The average molecular weight is 454 g/mol. The number of carbonyl (C=O) groups excluding carboxylic acids is 2. The summed E-state index contributed by atoms with van der Waals surface area (Å²) in [6.45, 7) is 0. The van der Waals surface area contributed by atoms with Crippen molar-refractivity contribution in [3.8, 4) is 5.75 Å². The number of carboxylic acid groups (broad SMARTS) is 1. The van der Waals surface area contributed by atoms with Gasteiger partial charge in [0.25, 0.3) is 5.91 Å². The first-order chi connectivity index (χ1) is 15.3. The largest absolute Gasteiger partial charge is 0.507 e. The fourth-order valence-electron chi connectivity index (χ4n) is 2.73. The zero-order valence-electron chi connectivity index (χ0n) is 16.7. The third-order valence-electron chi connectivity index (χ3n) is 4.33. The summed E-state index contributed by atoms with van der Waals surface area (Å²) in [5.74, 6) is -1.92. The molecule has 3 rings (SSSR count). The molecule has 2 amide bonds. The summed E-state index contributed by atoms with van der Waals surface area (Å²) in [4.78, 5) is 35.4. The van der Waals surface area contributed by atoms with Gasteiger partial charge in [-0.25, -0.2) is 9.18 Å². The number of amides is 2. The number of carbonyl (C=O) groups is 3. The lowest BCUT2D eigenvalue weighted by Gasteiger charge is -2.08. The minimum absolute atomic E-state index is 0.202. The Morgan fingerprint density at radius 1 is 0.875 bits per heavy atom. The molecule has 0 unspecified atom stereocenters. The van der Waals surface area contributed by atoms with E-state index in [9.17, 15) is 23.9 Å². The molecule has 32 heavy (non-hydrogen) atoms. The number of phenols is 1.